The summed E-state index contributed by atoms with van der Waals surface area (Å²) in [5.41, 5.74) is 3.28. The lowest BCUT2D eigenvalue weighted by Crippen LogP contribution is -2.16. The molecule has 1 amide bonds. The van der Waals surface area contributed by atoms with E-state index in [2.05, 4.69) is 78.1 Å². The van der Waals surface area contributed by atoms with Gasteiger partial charge in [0.15, 0.2) is 5.16 Å². The highest BCUT2D eigenvalue weighted by Crippen LogP contribution is 2.26. The molecular formula is C23H28N4OS2. The number of carbonyl (C=O) groups excluding carboxylic acids is 1. The molecule has 1 aromatic heterocycles. The highest BCUT2D eigenvalue weighted by atomic mass is 32.2. The summed E-state index contributed by atoms with van der Waals surface area (Å²) in [6.07, 6.45) is 0. The van der Waals surface area contributed by atoms with E-state index in [-0.39, 0.29) is 5.91 Å². The smallest absolute Gasteiger partial charge is 0.234 e. The van der Waals surface area contributed by atoms with Crippen LogP contribution in [0, 0.1) is 6.92 Å². The van der Waals surface area contributed by atoms with Crippen molar-refractivity contribution in [3.8, 4) is 0 Å². The maximum Gasteiger partial charge on any atom is 0.234 e. The van der Waals surface area contributed by atoms with Gasteiger partial charge < -0.3 is 9.88 Å². The van der Waals surface area contributed by atoms with E-state index >= 15 is 0 Å². The standard InChI is InChI=1S/C23H28N4OS2/c1-5-27-21(14-29-18-12-10-17(4)11-13-18)25-26-23(27)30-15-22(28)24-20-9-7-6-8-19(20)16(2)3/h6-13,16H,5,14-15H2,1-4H3,(H,24,28). The number of carbonyl (C=O) groups is 1. The second-order valence-corrected chi connectivity index (χ2v) is 9.31. The van der Waals surface area contributed by atoms with E-state index in [1.165, 1.54) is 22.2 Å². The van der Waals surface area contributed by atoms with Crippen molar-refractivity contribution in [3.05, 3.63) is 65.5 Å². The predicted molar refractivity (Wildman–Crippen MR) is 126 cm³/mol. The molecule has 3 rings (SSSR count). The van der Waals surface area contributed by atoms with Crippen molar-refractivity contribution in [1.29, 1.82) is 0 Å². The van der Waals surface area contributed by atoms with Crippen LogP contribution in [0.5, 0.6) is 0 Å². The zero-order valence-corrected chi connectivity index (χ0v) is 19.5. The van der Waals surface area contributed by atoms with Gasteiger partial charge in [-0.1, -0.05) is 61.5 Å². The van der Waals surface area contributed by atoms with E-state index in [1.54, 1.807) is 11.8 Å². The lowest BCUT2D eigenvalue weighted by Gasteiger charge is -2.13. The van der Waals surface area contributed by atoms with Gasteiger partial charge in [-0.15, -0.1) is 22.0 Å². The maximum atomic E-state index is 12.5. The van der Waals surface area contributed by atoms with Gasteiger partial charge in [0.05, 0.1) is 11.5 Å². The fourth-order valence-electron chi connectivity index (χ4n) is 3.06. The molecule has 158 valence electrons. The summed E-state index contributed by atoms with van der Waals surface area (Å²) < 4.78 is 2.08. The van der Waals surface area contributed by atoms with E-state index in [0.717, 1.165) is 34.5 Å². The van der Waals surface area contributed by atoms with Crippen molar-refractivity contribution in [1.82, 2.24) is 14.8 Å². The fourth-order valence-corrected chi connectivity index (χ4v) is 4.72. The van der Waals surface area contributed by atoms with E-state index in [0.29, 0.717) is 11.7 Å². The number of rotatable bonds is 9. The molecule has 0 aliphatic rings. The number of hydrogen-bond donors (Lipinski definition) is 1. The fraction of sp³-hybridized carbons (Fsp3) is 0.348. The largest absolute Gasteiger partial charge is 0.325 e. The maximum absolute atomic E-state index is 12.5. The summed E-state index contributed by atoms with van der Waals surface area (Å²) in [4.78, 5) is 13.7. The highest BCUT2D eigenvalue weighted by molar-refractivity contribution is 7.99. The Balaban J connectivity index is 1.59. The number of amides is 1. The minimum Gasteiger partial charge on any atom is -0.325 e. The van der Waals surface area contributed by atoms with Crippen molar-refractivity contribution < 1.29 is 4.79 Å². The molecule has 0 radical (unpaired) electrons. The minimum atomic E-state index is -0.0330. The molecule has 0 atom stereocenters. The third kappa shape index (κ3) is 5.89. The van der Waals surface area contributed by atoms with Gasteiger partial charge in [-0.25, -0.2) is 0 Å². The number of nitrogens with one attached hydrogen (secondary N) is 1. The lowest BCUT2D eigenvalue weighted by atomic mass is 10.0. The van der Waals surface area contributed by atoms with Crippen molar-refractivity contribution in [2.24, 2.45) is 0 Å². The SMILES string of the molecule is CCn1c(CSc2ccc(C)cc2)nnc1SCC(=O)Nc1ccccc1C(C)C. The first-order valence-electron chi connectivity index (χ1n) is 10.1. The average molecular weight is 441 g/mol. The van der Waals surface area contributed by atoms with Crippen LogP contribution in [0.15, 0.2) is 58.6 Å². The molecule has 0 spiro atoms. The molecule has 1 heterocycles. The normalized spacial score (nSPS) is 11.1. The van der Waals surface area contributed by atoms with Gasteiger partial charge >= 0.3 is 0 Å². The topological polar surface area (TPSA) is 59.8 Å². The van der Waals surface area contributed by atoms with Crippen molar-refractivity contribution in [3.63, 3.8) is 0 Å². The van der Waals surface area contributed by atoms with E-state index < -0.39 is 0 Å². The monoisotopic (exact) mass is 440 g/mol. The Kier molecular flexibility index (Phi) is 7.99. The molecule has 2 aromatic carbocycles. The Morgan fingerprint density at radius 3 is 2.50 bits per heavy atom. The molecule has 0 aliphatic heterocycles. The van der Waals surface area contributed by atoms with Crippen LogP contribution in [-0.4, -0.2) is 26.4 Å². The minimum absolute atomic E-state index is 0.0330. The molecule has 30 heavy (non-hydrogen) atoms. The first kappa shape index (κ1) is 22.4. The van der Waals surface area contributed by atoms with Crippen LogP contribution in [0.2, 0.25) is 0 Å². The number of aromatic nitrogens is 3. The molecule has 0 fully saturated rings. The van der Waals surface area contributed by atoms with Gasteiger partial charge in [-0.2, -0.15) is 0 Å². The molecule has 0 unspecified atom stereocenters. The second-order valence-electron chi connectivity index (χ2n) is 7.32. The highest BCUT2D eigenvalue weighted by Gasteiger charge is 2.15. The molecule has 3 aromatic rings. The summed E-state index contributed by atoms with van der Waals surface area (Å²) in [6.45, 7) is 9.19. The molecule has 0 bridgehead atoms. The van der Waals surface area contributed by atoms with Gasteiger partial charge in [0.2, 0.25) is 5.91 Å². The second kappa shape index (κ2) is 10.7. The zero-order valence-electron chi connectivity index (χ0n) is 17.9. The number of anilines is 1. The van der Waals surface area contributed by atoms with E-state index in [1.807, 2.05) is 18.2 Å². The van der Waals surface area contributed by atoms with Crippen LogP contribution < -0.4 is 5.32 Å². The molecule has 0 saturated heterocycles. The summed E-state index contributed by atoms with van der Waals surface area (Å²) in [5, 5.41) is 12.5. The molecule has 0 aliphatic carbocycles. The van der Waals surface area contributed by atoms with Gasteiger partial charge in [-0.05, 0) is 43.5 Å². The van der Waals surface area contributed by atoms with E-state index in [9.17, 15) is 4.79 Å². The average Bonchev–Trinajstić information content (AvgIpc) is 3.14. The summed E-state index contributed by atoms with van der Waals surface area (Å²) >= 11 is 3.17. The Morgan fingerprint density at radius 2 is 1.80 bits per heavy atom. The molecule has 1 N–H and O–H groups in total. The van der Waals surface area contributed by atoms with Gasteiger partial charge in [-0.3, -0.25) is 4.79 Å². The number of aryl methyl sites for hydroxylation is 1. The van der Waals surface area contributed by atoms with Gasteiger partial charge in [0, 0.05) is 17.1 Å². The van der Waals surface area contributed by atoms with Gasteiger partial charge in [0.25, 0.3) is 0 Å². The summed E-state index contributed by atoms with van der Waals surface area (Å²) in [6, 6.07) is 16.4. The molecular weight excluding hydrogens is 412 g/mol. The third-order valence-electron chi connectivity index (χ3n) is 4.69. The number of benzene rings is 2. The number of hydrogen-bond acceptors (Lipinski definition) is 5. The Hall–Kier alpha value is -2.25. The van der Waals surface area contributed by atoms with Crippen LogP contribution in [-0.2, 0) is 17.1 Å². The van der Waals surface area contributed by atoms with Crippen LogP contribution in [0.4, 0.5) is 5.69 Å². The van der Waals surface area contributed by atoms with Crippen LogP contribution >= 0.6 is 23.5 Å². The lowest BCUT2D eigenvalue weighted by molar-refractivity contribution is -0.113. The van der Waals surface area contributed by atoms with Crippen molar-refractivity contribution in [2.45, 2.75) is 56.0 Å². The summed E-state index contributed by atoms with van der Waals surface area (Å²) in [7, 11) is 0. The van der Waals surface area contributed by atoms with Crippen molar-refractivity contribution in [2.75, 3.05) is 11.1 Å². The van der Waals surface area contributed by atoms with Crippen LogP contribution in [0.3, 0.4) is 0 Å². The predicted octanol–water partition coefficient (Wildman–Crippen LogP) is 5.75. The number of nitrogens with zero attached hydrogens (tertiary/aromatic N) is 3. The Bertz CT molecular complexity index is 983. The third-order valence-corrected chi connectivity index (χ3v) is 6.66. The number of para-hydroxylation sites is 1. The first-order valence-corrected chi connectivity index (χ1v) is 12.1. The summed E-state index contributed by atoms with van der Waals surface area (Å²) in [5.74, 6) is 2.30. The Morgan fingerprint density at radius 1 is 1.07 bits per heavy atom. The van der Waals surface area contributed by atoms with Crippen molar-refractivity contribution >= 4 is 35.1 Å². The number of thioether (sulfide) groups is 2. The van der Waals surface area contributed by atoms with Crippen LogP contribution in [0.25, 0.3) is 0 Å². The molecule has 0 saturated carbocycles. The first-order chi connectivity index (χ1) is 14.5. The Labute approximate surface area is 187 Å². The van der Waals surface area contributed by atoms with E-state index in [4.69, 9.17) is 0 Å². The zero-order chi connectivity index (χ0) is 21.5. The van der Waals surface area contributed by atoms with Crippen LogP contribution in [0.1, 0.15) is 43.6 Å². The quantitative estimate of drug-likeness (QED) is 0.429. The van der Waals surface area contributed by atoms with Gasteiger partial charge in [0.1, 0.15) is 5.82 Å². The molecule has 5 nitrogen and oxygen atoms in total. The molecule has 7 heteroatoms.